The number of benzene rings is 1. The molecule has 2 aromatic rings. The van der Waals surface area contributed by atoms with Crippen LogP contribution in [0.5, 0.6) is 0 Å². The molecule has 12 heteroatoms. The highest BCUT2D eigenvalue weighted by Gasteiger charge is 2.18. The Kier molecular flexibility index (Phi) is 6.99. The lowest BCUT2D eigenvalue weighted by Gasteiger charge is -2.04. The highest BCUT2D eigenvalue weighted by molar-refractivity contribution is 8.13. The first kappa shape index (κ1) is 20.7. The van der Waals surface area contributed by atoms with E-state index in [4.69, 9.17) is 44.7 Å². The van der Waals surface area contributed by atoms with Gasteiger partial charge in [0.15, 0.2) is 5.13 Å². The Morgan fingerprint density at radius 3 is 2.25 bits per heavy atom. The number of carbonyl (C=O) groups is 2. The summed E-state index contributed by atoms with van der Waals surface area (Å²) < 4.78 is 22.0. The molecule has 0 aliphatic heterocycles. The Labute approximate surface area is 155 Å². The molecular weight excluding hydrogens is 423 g/mol. The average Bonchev–Trinajstić information content (AvgIpc) is 2.82. The van der Waals surface area contributed by atoms with E-state index in [2.05, 4.69) is 4.98 Å². The molecule has 0 aliphatic carbocycles. The maximum Gasteiger partial charge on any atom is 0.378 e. The van der Waals surface area contributed by atoms with Crippen molar-refractivity contribution in [2.75, 3.05) is 5.73 Å². The molecule has 1 heterocycles. The molecule has 0 amide bonds. The van der Waals surface area contributed by atoms with Crippen LogP contribution in [0.3, 0.4) is 0 Å². The number of nitrogens with zero attached hydrogens (tertiary/aromatic N) is 1. The number of aryl methyl sites for hydroxylation is 1. The van der Waals surface area contributed by atoms with Crippen molar-refractivity contribution in [1.82, 2.24) is 4.98 Å². The molecule has 0 spiro atoms. The van der Waals surface area contributed by atoms with E-state index < -0.39 is 20.8 Å². The number of nitrogens with two attached hydrogens (primary N) is 1. The molecule has 0 bridgehead atoms. The number of hydrogen-bond donors (Lipinski definition) is 2. The van der Waals surface area contributed by atoms with Crippen molar-refractivity contribution >= 4 is 71.2 Å². The number of carbonyl (C=O) groups excluding carboxylic acids is 1. The van der Waals surface area contributed by atoms with Gasteiger partial charge in [0.05, 0.1) is 5.02 Å². The smallest absolute Gasteiger partial charge is 0.378 e. The van der Waals surface area contributed by atoms with Crippen molar-refractivity contribution in [3.05, 3.63) is 38.8 Å². The lowest BCUT2D eigenvalue weighted by Crippen LogP contribution is -2.12. The minimum Gasteiger partial charge on any atom is -0.475 e. The van der Waals surface area contributed by atoms with Crippen LogP contribution in [0.1, 0.15) is 16.1 Å². The van der Waals surface area contributed by atoms with E-state index >= 15 is 0 Å². The molecule has 0 saturated carbocycles. The Morgan fingerprint density at radius 2 is 1.88 bits per heavy atom. The molecule has 0 fully saturated rings. The summed E-state index contributed by atoms with van der Waals surface area (Å²) in [5.74, 6) is -2.55. The molecule has 130 valence electrons. The second-order valence-corrected chi connectivity index (χ2v) is 8.41. The number of aromatic nitrogens is 1. The van der Waals surface area contributed by atoms with Gasteiger partial charge in [-0.05, 0) is 24.6 Å². The summed E-state index contributed by atoms with van der Waals surface area (Å²) in [7, 11) is 1.37. The number of carboxylic acid groups (broad SMARTS) is 1. The van der Waals surface area contributed by atoms with Crippen LogP contribution < -0.4 is 5.73 Å². The summed E-state index contributed by atoms with van der Waals surface area (Å²) in [5, 5.41) is 10.1. The number of anilines is 1. The Bertz CT molecular complexity index is 873. The van der Waals surface area contributed by atoms with Gasteiger partial charge in [-0.15, -0.1) is 11.3 Å². The lowest BCUT2D eigenvalue weighted by molar-refractivity contribution is -0.131. The molecule has 7 nitrogen and oxygen atoms in total. The predicted molar refractivity (Wildman–Crippen MR) is 92.7 cm³/mol. The first-order valence-corrected chi connectivity index (χ1v) is 9.77. The number of rotatable bonds is 3. The van der Waals surface area contributed by atoms with Crippen LogP contribution in [-0.2, 0) is 13.8 Å². The third-order valence-corrected chi connectivity index (χ3v) is 5.18. The molecule has 0 unspecified atom stereocenters. The fourth-order valence-electron chi connectivity index (χ4n) is 1.50. The van der Waals surface area contributed by atoms with Gasteiger partial charge < -0.3 is 10.8 Å². The number of aliphatic carboxylic acids is 1. The van der Waals surface area contributed by atoms with Gasteiger partial charge in [-0.2, -0.15) is 0 Å². The SMILES string of the molecule is Cc1cc(Cl)cc(Cl)c1S(=O)(=O)Cl.Nc1nc(C(=O)C(=O)O)cs1. The highest BCUT2D eigenvalue weighted by atomic mass is 35.7. The van der Waals surface area contributed by atoms with Gasteiger partial charge in [0.25, 0.3) is 14.8 Å². The Morgan fingerprint density at radius 1 is 1.29 bits per heavy atom. The van der Waals surface area contributed by atoms with Crippen molar-refractivity contribution < 1.29 is 23.1 Å². The standard InChI is InChI=1S/C7H5Cl3O2S.C5H4N2O3S/c1-4-2-5(8)3-6(9)7(4)13(10,11)12;6-5-7-2(1-11-5)3(8)4(9)10/h2-3H,1H3;1H,(H2,6,7)(H,9,10). The minimum absolute atomic E-state index is 0.0417. The second kappa shape index (κ2) is 8.13. The zero-order chi connectivity index (χ0) is 18.7. The number of hydrogen-bond acceptors (Lipinski definition) is 7. The monoisotopic (exact) mass is 430 g/mol. The van der Waals surface area contributed by atoms with E-state index in [1.807, 2.05) is 0 Å². The molecule has 0 atom stereocenters. The number of halogens is 3. The summed E-state index contributed by atoms with van der Waals surface area (Å²) in [6, 6.07) is 2.83. The maximum absolute atomic E-state index is 11.0. The fraction of sp³-hybridized carbons (Fsp3) is 0.0833. The van der Waals surface area contributed by atoms with Gasteiger partial charge in [0.2, 0.25) is 0 Å². The van der Waals surface area contributed by atoms with Gasteiger partial charge in [-0.3, -0.25) is 4.79 Å². The Balaban J connectivity index is 0.000000243. The van der Waals surface area contributed by atoms with Gasteiger partial charge in [0, 0.05) is 21.1 Å². The number of nitrogen functional groups attached to an aromatic ring is 1. The predicted octanol–water partition coefficient (Wildman–Crippen LogP) is 3.22. The van der Waals surface area contributed by atoms with Crippen molar-refractivity contribution in [3.8, 4) is 0 Å². The maximum atomic E-state index is 11.0. The quantitative estimate of drug-likeness (QED) is 0.434. The van der Waals surface area contributed by atoms with Crippen molar-refractivity contribution in [3.63, 3.8) is 0 Å². The topological polar surface area (TPSA) is 127 Å². The second-order valence-electron chi connectivity index (χ2n) is 4.18. The molecule has 24 heavy (non-hydrogen) atoms. The van der Waals surface area contributed by atoms with Crippen LogP contribution in [0.25, 0.3) is 0 Å². The average molecular weight is 432 g/mol. The van der Waals surface area contributed by atoms with Gasteiger partial charge >= 0.3 is 5.97 Å². The first-order chi connectivity index (χ1) is 10.9. The highest BCUT2D eigenvalue weighted by Crippen LogP contribution is 2.30. The van der Waals surface area contributed by atoms with Crippen LogP contribution in [-0.4, -0.2) is 30.3 Å². The van der Waals surface area contributed by atoms with Crippen LogP contribution >= 0.6 is 45.2 Å². The molecule has 1 aromatic heterocycles. The first-order valence-electron chi connectivity index (χ1n) is 5.82. The van der Waals surface area contributed by atoms with Crippen LogP contribution in [0, 0.1) is 6.92 Å². The van der Waals surface area contributed by atoms with Crippen molar-refractivity contribution in [1.29, 1.82) is 0 Å². The molecule has 3 N–H and O–H groups in total. The summed E-state index contributed by atoms with van der Waals surface area (Å²) in [6.07, 6.45) is 0. The number of Topliss-reactive ketones (excluding diaryl/α,β-unsaturated/α-hetero) is 1. The molecule has 0 saturated heterocycles. The molecule has 1 aromatic carbocycles. The summed E-state index contributed by atoms with van der Waals surface area (Å²) in [5.41, 5.74) is 5.51. The van der Waals surface area contributed by atoms with Gasteiger partial charge in [0.1, 0.15) is 10.6 Å². The largest absolute Gasteiger partial charge is 0.475 e. The lowest BCUT2D eigenvalue weighted by atomic mass is 10.2. The number of ketones is 1. The zero-order valence-electron chi connectivity index (χ0n) is 11.8. The molecule has 0 aliphatic rings. The van der Waals surface area contributed by atoms with E-state index in [9.17, 15) is 18.0 Å². The van der Waals surface area contributed by atoms with E-state index in [-0.39, 0.29) is 20.7 Å². The van der Waals surface area contributed by atoms with E-state index in [1.54, 1.807) is 6.92 Å². The van der Waals surface area contributed by atoms with E-state index in [0.717, 1.165) is 11.3 Å². The van der Waals surface area contributed by atoms with Crippen LogP contribution in [0.4, 0.5) is 5.13 Å². The van der Waals surface area contributed by atoms with Crippen molar-refractivity contribution in [2.24, 2.45) is 0 Å². The van der Waals surface area contributed by atoms with E-state index in [0.29, 0.717) is 10.6 Å². The fourth-order valence-corrected chi connectivity index (χ4v) is 4.41. The number of thiazole rings is 1. The molecule has 0 radical (unpaired) electrons. The molecular formula is C12H9Cl3N2O5S2. The third-order valence-electron chi connectivity index (χ3n) is 2.39. The van der Waals surface area contributed by atoms with Crippen molar-refractivity contribution in [2.45, 2.75) is 11.8 Å². The van der Waals surface area contributed by atoms with Gasteiger partial charge in [-0.25, -0.2) is 18.2 Å². The van der Waals surface area contributed by atoms with E-state index in [1.165, 1.54) is 17.5 Å². The summed E-state index contributed by atoms with van der Waals surface area (Å²) in [6.45, 7) is 1.58. The summed E-state index contributed by atoms with van der Waals surface area (Å²) in [4.78, 5) is 24.1. The summed E-state index contributed by atoms with van der Waals surface area (Å²) >= 11 is 12.4. The molecule has 2 rings (SSSR count). The number of carboxylic acids is 1. The van der Waals surface area contributed by atoms with Crippen LogP contribution in [0.15, 0.2) is 22.4 Å². The zero-order valence-corrected chi connectivity index (χ0v) is 15.7. The third kappa shape index (κ3) is 5.60. The van der Waals surface area contributed by atoms with Crippen LogP contribution in [0.2, 0.25) is 10.0 Å². The Hall–Kier alpha value is -1.39. The van der Waals surface area contributed by atoms with Gasteiger partial charge in [-0.1, -0.05) is 23.2 Å². The minimum atomic E-state index is -3.80. The normalized spacial score (nSPS) is 10.7.